The molecule has 2 amide bonds. The van der Waals surface area contributed by atoms with Crippen LogP contribution in [0.2, 0.25) is 0 Å². The van der Waals surface area contributed by atoms with E-state index in [0.717, 1.165) is 30.0 Å². The quantitative estimate of drug-likeness (QED) is 0.691. The molecule has 0 saturated carbocycles. The Hall–Kier alpha value is -2.64. The van der Waals surface area contributed by atoms with Crippen LogP contribution in [-0.4, -0.2) is 61.4 Å². The van der Waals surface area contributed by atoms with Crippen molar-refractivity contribution in [2.24, 2.45) is 0 Å². The Morgan fingerprint density at radius 2 is 1.86 bits per heavy atom. The Balaban J connectivity index is 1.43. The van der Waals surface area contributed by atoms with Gasteiger partial charge in [-0.1, -0.05) is 12.1 Å². The summed E-state index contributed by atoms with van der Waals surface area (Å²) >= 11 is 0. The number of hydrogen-bond donors (Lipinski definition) is 1. The summed E-state index contributed by atoms with van der Waals surface area (Å²) in [4.78, 5) is 20.8. The first-order valence-electron chi connectivity index (χ1n) is 10.1. The van der Waals surface area contributed by atoms with Gasteiger partial charge in [-0.2, -0.15) is 0 Å². The van der Waals surface area contributed by atoms with Crippen molar-refractivity contribution in [2.45, 2.75) is 26.6 Å². The molecule has 7 heteroatoms. The average molecular weight is 399 g/mol. The van der Waals surface area contributed by atoms with Crippen LogP contribution in [0.4, 0.5) is 16.2 Å². The molecular formula is C22H30N4O3. The predicted octanol–water partition coefficient (Wildman–Crippen LogP) is 3.38. The second kappa shape index (κ2) is 10.8. The van der Waals surface area contributed by atoms with Crippen LogP contribution < -0.4 is 10.2 Å². The van der Waals surface area contributed by atoms with Gasteiger partial charge in [-0.3, -0.25) is 4.98 Å². The lowest BCUT2D eigenvalue weighted by Gasteiger charge is -2.36. The van der Waals surface area contributed by atoms with Crippen molar-refractivity contribution in [3.8, 4) is 0 Å². The molecule has 156 valence electrons. The van der Waals surface area contributed by atoms with E-state index in [9.17, 15) is 4.79 Å². The highest BCUT2D eigenvalue weighted by Gasteiger charge is 2.21. The van der Waals surface area contributed by atoms with E-state index in [1.165, 1.54) is 0 Å². The van der Waals surface area contributed by atoms with Crippen LogP contribution >= 0.6 is 0 Å². The van der Waals surface area contributed by atoms with Crippen LogP contribution in [0.5, 0.6) is 0 Å². The van der Waals surface area contributed by atoms with Gasteiger partial charge < -0.3 is 24.6 Å². The SMILES string of the molecule is CC(C)OCCOCc1cccc(NC(=O)N2CCN(c3ccncc3)CC2)c1. The van der Waals surface area contributed by atoms with E-state index in [4.69, 9.17) is 9.47 Å². The van der Waals surface area contributed by atoms with Crippen molar-refractivity contribution in [3.63, 3.8) is 0 Å². The van der Waals surface area contributed by atoms with Crippen LogP contribution in [-0.2, 0) is 16.1 Å². The molecule has 1 aromatic carbocycles. The maximum Gasteiger partial charge on any atom is 0.321 e. The predicted molar refractivity (Wildman–Crippen MR) is 114 cm³/mol. The maximum atomic E-state index is 12.6. The van der Waals surface area contributed by atoms with Gasteiger partial charge in [-0.25, -0.2) is 4.79 Å². The monoisotopic (exact) mass is 398 g/mol. The standard InChI is InChI=1S/C22H30N4O3/c1-18(2)29-15-14-28-17-19-4-3-5-20(16-19)24-22(27)26-12-10-25(11-13-26)21-6-8-23-9-7-21/h3-9,16,18H,10-15,17H2,1-2H3,(H,24,27). The molecule has 3 rings (SSSR count). The number of carbonyl (C=O) groups excluding carboxylic acids is 1. The molecule has 2 heterocycles. The Morgan fingerprint density at radius 1 is 1.10 bits per heavy atom. The third-order valence-corrected chi connectivity index (χ3v) is 4.72. The summed E-state index contributed by atoms with van der Waals surface area (Å²) in [5, 5.41) is 3.00. The second-order valence-electron chi connectivity index (χ2n) is 7.28. The van der Waals surface area contributed by atoms with E-state index in [-0.39, 0.29) is 12.1 Å². The molecule has 29 heavy (non-hydrogen) atoms. The minimum absolute atomic E-state index is 0.0669. The number of hydrogen-bond acceptors (Lipinski definition) is 5. The smallest absolute Gasteiger partial charge is 0.321 e. The zero-order valence-corrected chi connectivity index (χ0v) is 17.2. The van der Waals surface area contributed by atoms with E-state index >= 15 is 0 Å². The van der Waals surface area contributed by atoms with E-state index in [1.807, 2.05) is 55.1 Å². The van der Waals surface area contributed by atoms with Gasteiger partial charge >= 0.3 is 6.03 Å². The second-order valence-corrected chi connectivity index (χ2v) is 7.28. The highest BCUT2D eigenvalue weighted by molar-refractivity contribution is 5.89. The fourth-order valence-electron chi connectivity index (χ4n) is 3.20. The van der Waals surface area contributed by atoms with Crippen molar-refractivity contribution in [1.29, 1.82) is 0 Å². The van der Waals surface area contributed by atoms with Gasteiger partial charge in [0.1, 0.15) is 0 Å². The number of amides is 2. The Labute approximate surface area is 172 Å². The summed E-state index contributed by atoms with van der Waals surface area (Å²) in [5.74, 6) is 0. The Morgan fingerprint density at radius 3 is 2.59 bits per heavy atom. The van der Waals surface area contributed by atoms with Crippen molar-refractivity contribution >= 4 is 17.4 Å². The fraction of sp³-hybridized carbons (Fsp3) is 0.455. The zero-order valence-electron chi connectivity index (χ0n) is 17.2. The van der Waals surface area contributed by atoms with Gasteiger partial charge in [0.05, 0.1) is 25.9 Å². The molecule has 1 N–H and O–H groups in total. The third-order valence-electron chi connectivity index (χ3n) is 4.72. The number of piperazine rings is 1. The number of anilines is 2. The molecule has 1 aromatic heterocycles. The molecule has 0 spiro atoms. The minimum Gasteiger partial charge on any atom is -0.376 e. The van der Waals surface area contributed by atoms with Crippen LogP contribution in [0.25, 0.3) is 0 Å². The summed E-state index contributed by atoms with van der Waals surface area (Å²) in [6, 6.07) is 11.7. The van der Waals surface area contributed by atoms with Gasteiger partial charge in [-0.15, -0.1) is 0 Å². The van der Waals surface area contributed by atoms with Gasteiger partial charge in [0.2, 0.25) is 0 Å². The number of carbonyl (C=O) groups is 1. The molecular weight excluding hydrogens is 368 g/mol. The lowest BCUT2D eigenvalue weighted by Crippen LogP contribution is -2.50. The van der Waals surface area contributed by atoms with Gasteiger partial charge in [-0.05, 0) is 43.7 Å². The molecule has 0 radical (unpaired) electrons. The highest BCUT2D eigenvalue weighted by Crippen LogP contribution is 2.16. The molecule has 1 saturated heterocycles. The van der Waals surface area contributed by atoms with Crippen molar-refractivity contribution in [3.05, 3.63) is 54.4 Å². The zero-order chi connectivity index (χ0) is 20.5. The number of benzene rings is 1. The third kappa shape index (κ3) is 6.73. The number of urea groups is 1. The van der Waals surface area contributed by atoms with Crippen molar-refractivity contribution < 1.29 is 14.3 Å². The summed E-state index contributed by atoms with van der Waals surface area (Å²) in [7, 11) is 0. The van der Waals surface area contributed by atoms with Crippen LogP contribution in [0.3, 0.4) is 0 Å². The summed E-state index contributed by atoms with van der Waals surface area (Å²) < 4.78 is 11.1. The molecule has 1 fully saturated rings. The maximum absolute atomic E-state index is 12.6. The first-order chi connectivity index (χ1) is 14.1. The number of pyridine rings is 1. The summed E-state index contributed by atoms with van der Waals surface area (Å²) in [5.41, 5.74) is 2.95. The van der Waals surface area contributed by atoms with Gasteiger partial charge in [0.25, 0.3) is 0 Å². The molecule has 0 unspecified atom stereocenters. The first kappa shape index (κ1) is 21.1. The van der Waals surface area contributed by atoms with Gasteiger partial charge in [0, 0.05) is 49.9 Å². The van der Waals surface area contributed by atoms with E-state index in [1.54, 1.807) is 12.4 Å². The normalized spacial score (nSPS) is 14.3. The van der Waals surface area contributed by atoms with Crippen molar-refractivity contribution in [2.75, 3.05) is 49.6 Å². The van der Waals surface area contributed by atoms with E-state index in [0.29, 0.717) is 32.9 Å². The number of nitrogens with one attached hydrogen (secondary N) is 1. The molecule has 7 nitrogen and oxygen atoms in total. The summed E-state index contributed by atoms with van der Waals surface area (Å²) in [6.45, 7) is 8.63. The number of ether oxygens (including phenoxy) is 2. The number of rotatable bonds is 8. The lowest BCUT2D eigenvalue weighted by molar-refractivity contribution is 0.0143. The average Bonchev–Trinajstić information content (AvgIpc) is 2.74. The fourth-order valence-corrected chi connectivity index (χ4v) is 3.20. The highest BCUT2D eigenvalue weighted by atomic mass is 16.5. The lowest BCUT2D eigenvalue weighted by atomic mass is 10.2. The van der Waals surface area contributed by atoms with Crippen LogP contribution in [0, 0.1) is 0 Å². The topological polar surface area (TPSA) is 66.9 Å². The molecule has 2 aromatic rings. The Kier molecular flexibility index (Phi) is 7.84. The van der Waals surface area contributed by atoms with Crippen LogP contribution in [0.1, 0.15) is 19.4 Å². The molecule has 1 aliphatic heterocycles. The molecule has 0 bridgehead atoms. The summed E-state index contributed by atoms with van der Waals surface area (Å²) in [6.07, 6.45) is 3.80. The van der Waals surface area contributed by atoms with E-state index in [2.05, 4.69) is 15.2 Å². The van der Waals surface area contributed by atoms with E-state index < -0.39 is 0 Å². The largest absolute Gasteiger partial charge is 0.376 e. The Bertz CT molecular complexity index is 762. The number of aromatic nitrogens is 1. The molecule has 0 atom stereocenters. The minimum atomic E-state index is -0.0669. The van der Waals surface area contributed by atoms with Gasteiger partial charge in [0.15, 0.2) is 0 Å². The molecule has 1 aliphatic rings. The molecule has 0 aliphatic carbocycles. The first-order valence-corrected chi connectivity index (χ1v) is 10.1. The van der Waals surface area contributed by atoms with Crippen LogP contribution in [0.15, 0.2) is 48.8 Å². The van der Waals surface area contributed by atoms with Crippen molar-refractivity contribution in [1.82, 2.24) is 9.88 Å². The number of nitrogens with zero attached hydrogens (tertiary/aromatic N) is 3.